The lowest BCUT2D eigenvalue weighted by Crippen LogP contribution is -1.88. The maximum atomic E-state index is 13.6. The molecule has 0 unspecified atom stereocenters. The van der Waals surface area contributed by atoms with E-state index in [0.717, 1.165) is 55.3 Å². The molecule has 0 bridgehead atoms. The topological polar surface area (TPSA) is 83.1 Å². The molecule has 0 fully saturated rings. The fraction of sp³-hybridized carbons (Fsp3) is 0.0435. The second kappa shape index (κ2) is 7.73. The van der Waals surface area contributed by atoms with Gasteiger partial charge in [0.15, 0.2) is 11.0 Å². The molecule has 0 saturated carbocycles. The molecule has 0 aromatic carbocycles. The molecule has 5 aromatic rings. The van der Waals surface area contributed by atoms with Gasteiger partial charge in [0.25, 0.3) is 0 Å². The molecule has 0 spiro atoms. The van der Waals surface area contributed by atoms with E-state index in [1.54, 1.807) is 30.7 Å². The van der Waals surface area contributed by atoms with Gasteiger partial charge in [-0.15, -0.1) is 11.3 Å². The van der Waals surface area contributed by atoms with Crippen LogP contribution in [0.4, 0.5) is 4.39 Å². The molecule has 0 radical (unpaired) electrons. The molecule has 0 aliphatic rings. The lowest BCUT2D eigenvalue weighted by atomic mass is 10.1. The number of hydrogen-bond acceptors (Lipinski definition) is 5. The number of fused-ring (bicyclic) bond motifs is 1. The van der Waals surface area contributed by atoms with Crippen molar-refractivity contribution in [1.29, 1.82) is 0 Å². The molecule has 31 heavy (non-hydrogen) atoms. The Morgan fingerprint density at radius 3 is 2.77 bits per heavy atom. The number of imidazole rings is 1. The highest BCUT2D eigenvalue weighted by Gasteiger charge is 2.19. The standard InChI is InChI=1S/C23H17FN6S/c1-3-4-15(19-5-6-20(24)31-19)21-13(2)27-23(28-21)22-16-11-17(14-7-9-25-10-8-14)26-12-18(16)29-30-22/h3-12H,1H2,2H3,(H,27,28)(H,29,30)/b15-4-. The first-order valence-electron chi connectivity index (χ1n) is 9.54. The smallest absolute Gasteiger partial charge is 0.176 e. The molecule has 2 N–H and O–H groups in total. The first-order valence-corrected chi connectivity index (χ1v) is 10.4. The Balaban J connectivity index is 1.61. The average Bonchev–Trinajstić information content (AvgIpc) is 3.50. The highest BCUT2D eigenvalue weighted by molar-refractivity contribution is 7.11. The van der Waals surface area contributed by atoms with E-state index in [-0.39, 0.29) is 5.13 Å². The number of allylic oxidation sites excluding steroid dienone is 2. The molecule has 5 rings (SSSR count). The number of nitrogens with one attached hydrogen (secondary N) is 2. The van der Waals surface area contributed by atoms with E-state index in [2.05, 4.69) is 31.7 Å². The van der Waals surface area contributed by atoms with Crippen LogP contribution in [0.5, 0.6) is 0 Å². The Bertz CT molecular complexity index is 1430. The summed E-state index contributed by atoms with van der Waals surface area (Å²) in [6.45, 7) is 5.73. The zero-order valence-electron chi connectivity index (χ0n) is 16.6. The van der Waals surface area contributed by atoms with Crippen molar-refractivity contribution in [3.8, 4) is 22.8 Å². The van der Waals surface area contributed by atoms with Crippen LogP contribution in [0.3, 0.4) is 0 Å². The fourth-order valence-corrected chi connectivity index (χ4v) is 4.22. The number of nitrogens with zero attached hydrogens (tertiary/aromatic N) is 4. The Morgan fingerprint density at radius 1 is 1.19 bits per heavy atom. The van der Waals surface area contributed by atoms with Crippen molar-refractivity contribution in [2.24, 2.45) is 0 Å². The molecular weight excluding hydrogens is 411 g/mol. The predicted molar refractivity (Wildman–Crippen MR) is 121 cm³/mol. The van der Waals surface area contributed by atoms with E-state index in [4.69, 9.17) is 4.98 Å². The molecule has 0 atom stereocenters. The summed E-state index contributed by atoms with van der Waals surface area (Å²) in [6.07, 6.45) is 8.75. The molecule has 0 saturated heterocycles. The minimum absolute atomic E-state index is 0.243. The van der Waals surface area contributed by atoms with Gasteiger partial charge in [-0.1, -0.05) is 18.7 Å². The maximum Gasteiger partial charge on any atom is 0.176 e. The SMILES string of the molecule is C=C/C=C(/c1ccc(F)s1)c1nc(-c2n[nH]c3cnc(-c4ccncc4)cc23)[nH]c1C. The molecule has 6 nitrogen and oxygen atoms in total. The van der Waals surface area contributed by atoms with Crippen molar-refractivity contribution in [1.82, 2.24) is 30.1 Å². The summed E-state index contributed by atoms with van der Waals surface area (Å²) in [5.74, 6) is 0.623. The van der Waals surface area contributed by atoms with Crippen LogP contribution in [0, 0.1) is 12.1 Å². The normalized spacial score (nSPS) is 11.9. The molecule has 8 heteroatoms. The van der Waals surface area contributed by atoms with Crippen LogP contribution in [0.25, 0.3) is 39.3 Å². The van der Waals surface area contributed by atoms with E-state index in [0.29, 0.717) is 11.5 Å². The van der Waals surface area contributed by atoms with Crippen molar-refractivity contribution in [3.05, 3.63) is 89.0 Å². The van der Waals surface area contributed by atoms with E-state index in [1.807, 2.05) is 31.2 Å². The van der Waals surface area contributed by atoms with E-state index in [9.17, 15) is 4.39 Å². The molecular formula is C23H17FN6S. The van der Waals surface area contributed by atoms with Crippen molar-refractivity contribution in [2.75, 3.05) is 0 Å². The van der Waals surface area contributed by atoms with Crippen LogP contribution < -0.4 is 0 Å². The van der Waals surface area contributed by atoms with Crippen LogP contribution in [-0.2, 0) is 0 Å². The summed E-state index contributed by atoms with van der Waals surface area (Å²) < 4.78 is 13.6. The number of rotatable bonds is 5. The van der Waals surface area contributed by atoms with Gasteiger partial charge >= 0.3 is 0 Å². The fourth-order valence-electron chi connectivity index (χ4n) is 3.47. The Hall–Kier alpha value is -3.91. The molecule has 0 aliphatic carbocycles. The summed E-state index contributed by atoms with van der Waals surface area (Å²) in [4.78, 5) is 17.5. The lowest BCUT2D eigenvalue weighted by molar-refractivity contribution is 0.657. The Morgan fingerprint density at radius 2 is 2.03 bits per heavy atom. The summed E-state index contributed by atoms with van der Waals surface area (Å²) in [5, 5.41) is 8.15. The number of thiophene rings is 1. The van der Waals surface area contributed by atoms with Gasteiger partial charge < -0.3 is 4.98 Å². The molecule has 0 amide bonds. The number of halogens is 1. The maximum absolute atomic E-state index is 13.6. The van der Waals surface area contributed by atoms with Crippen LogP contribution >= 0.6 is 11.3 Å². The van der Waals surface area contributed by atoms with Gasteiger partial charge in [-0.05, 0) is 37.3 Å². The number of aromatic amines is 2. The van der Waals surface area contributed by atoms with Gasteiger partial charge in [0.2, 0.25) is 0 Å². The number of pyridine rings is 2. The van der Waals surface area contributed by atoms with Crippen molar-refractivity contribution < 1.29 is 4.39 Å². The number of aromatic nitrogens is 6. The minimum Gasteiger partial charge on any atom is -0.340 e. The van der Waals surface area contributed by atoms with Crippen LogP contribution in [0.2, 0.25) is 0 Å². The Labute approximate surface area is 181 Å². The van der Waals surface area contributed by atoms with Crippen LogP contribution in [0.1, 0.15) is 16.3 Å². The number of hydrogen-bond donors (Lipinski definition) is 2. The highest BCUT2D eigenvalue weighted by atomic mass is 32.1. The van der Waals surface area contributed by atoms with E-state index >= 15 is 0 Å². The summed E-state index contributed by atoms with van der Waals surface area (Å²) in [5.41, 5.74) is 5.69. The van der Waals surface area contributed by atoms with Gasteiger partial charge in [0.1, 0.15) is 5.69 Å². The molecule has 0 aliphatic heterocycles. The third kappa shape index (κ3) is 3.47. The third-order valence-electron chi connectivity index (χ3n) is 4.91. The first-order chi connectivity index (χ1) is 15.1. The Kier molecular flexibility index (Phi) is 4.76. The van der Waals surface area contributed by atoms with Gasteiger partial charge in [0.05, 0.1) is 23.1 Å². The van der Waals surface area contributed by atoms with Crippen molar-refractivity contribution in [2.45, 2.75) is 6.92 Å². The molecule has 152 valence electrons. The second-order valence-electron chi connectivity index (χ2n) is 6.90. The highest BCUT2D eigenvalue weighted by Crippen LogP contribution is 2.33. The van der Waals surface area contributed by atoms with Crippen LogP contribution in [-0.4, -0.2) is 30.1 Å². The van der Waals surface area contributed by atoms with Gasteiger partial charge in [0, 0.05) is 39.5 Å². The summed E-state index contributed by atoms with van der Waals surface area (Å²) in [7, 11) is 0. The monoisotopic (exact) mass is 428 g/mol. The minimum atomic E-state index is -0.243. The van der Waals surface area contributed by atoms with Gasteiger partial charge in [-0.25, -0.2) is 4.98 Å². The van der Waals surface area contributed by atoms with Crippen molar-refractivity contribution in [3.63, 3.8) is 0 Å². The zero-order valence-corrected chi connectivity index (χ0v) is 17.4. The largest absolute Gasteiger partial charge is 0.340 e. The lowest BCUT2D eigenvalue weighted by Gasteiger charge is -2.02. The van der Waals surface area contributed by atoms with Gasteiger partial charge in [-0.3, -0.25) is 15.1 Å². The second-order valence-corrected chi connectivity index (χ2v) is 7.94. The first kappa shape index (κ1) is 19.1. The summed E-state index contributed by atoms with van der Waals surface area (Å²) >= 11 is 1.08. The summed E-state index contributed by atoms with van der Waals surface area (Å²) in [6, 6.07) is 9.01. The van der Waals surface area contributed by atoms with E-state index in [1.165, 1.54) is 6.07 Å². The predicted octanol–water partition coefficient (Wildman–Crippen LogP) is 5.54. The zero-order chi connectivity index (χ0) is 21.4. The van der Waals surface area contributed by atoms with Gasteiger partial charge in [-0.2, -0.15) is 9.49 Å². The number of aryl methyl sites for hydroxylation is 1. The average molecular weight is 428 g/mol. The quantitative estimate of drug-likeness (QED) is 0.360. The third-order valence-corrected chi connectivity index (χ3v) is 5.82. The van der Waals surface area contributed by atoms with E-state index < -0.39 is 0 Å². The van der Waals surface area contributed by atoms with Crippen LogP contribution in [0.15, 0.2) is 67.7 Å². The number of H-pyrrole nitrogens is 2. The van der Waals surface area contributed by atoms with Crippen molar-refractivity contribution >= 4 is 27.8 Å². The molecule has 5 heterocycles. The molecule has 5 aromatic heterocycles.